The number of benzene rings is 1. The van der Waals surface area contributed by atoms with Crippen LogP contribution in [0.1, 0.15) is 24.8 Å². The Morgan fingerprint density at radius 2 is 2.00 bits per heavy atom. The topological polar surface area (TPSA) is 68.0 Å². The molecule has 3 rings (SSSR count). The van der Waals surface area contributed by atoms with Gasteiger partial charge in [-0.3, -0.25) is 4.79 Å². The van der Waals surface area contributed by atoms with E-state index in [1.54, 1.807) is 0 Å². The molecule has 1 aromatic carbocycles. The van der Waals surface area contributed by atoms with Crippen LogP contribution in [0.15, 0.2) is 46.7 Å². The monoisotopic (exact) mass is 429 g/mol. The van der Waals surface area contributed by atoms with Crippen LogP contribution >= 0.6 is 23.4 Å². The van der Waals surface area contributed by atoms with Crippen molar-refractivity contribution in [2.45, 2.75) is 42.2 Å². The van der Waals surface area contributed by atoms with Gasteiger partial charge in [-0.15, -0.1) is 0 Å². The van der Waals surface area contributed by atoms with E-state index in [9.17, 15) is 18.0 Å². The number of carboxylic acids is 1. The number of aliphatic carboxylic acids is 1. The summed E-state index contributed by atoms with van der Waals surface area (Å²) >= 11 is 7.09. The molecule has 3 aromatic rings. The number of aryl methyl sites for hydroxylation is 1. The van der Waals surface area contributed by atoms with E-state index in [1.807, 2.05) is 28.8 Å². The van der Waals surface area contributed by atoms with Gasteiger partial charge in [-0.2, -0.15) is 13.2 Å². The first kappa shape index (κ1) is 20.5. The molecule has 148 valence electrons. The van der Waals surface area contributed by atoms with Gasteiger partial charge in [0.2, 0.25) is 0 Å². The maximum absolute atomic E-state index is 12.8. The molecule has 0 bridgehead atoms. The second-order valence-corrected chi connectivity index (χ2v) is 7.36. The van der Waals surface area contributed by atoms with E-state index in [0.29, 0.717) is 24.5 Å². The number of carbonyl (C=O) groups is 1. The molecule has 0 atom stereocenters. The quantitative estimate of drug-likeness (QED) is 0.501. The van der Waals surface area contributed by atoms with E-state index >= 15 is 0 Å². The zero-order valence-electron chi connectivity index (χ0n) is 14.4. The fraction of sp³-hybridized carbons (Fsp3) is 0.278. The van der Waals surface area contributed by atoms with Gasteiger partial charge < -0.3 is 9.67 Å². The SMILES string of the molecule is O=C(O)CCCCn1c(Sc2ncc(C(F)(F)F)cc2Cl)nc2ccccc21. The predicted molar refractivity (Wildman–Crippen MR) is 99.6 cm³/mol. The van der Waals surface area contributed by atoms with Crippen LogP contribution < -0.4 is 0 Å². The van der Waals surface area contributed by atoms with Crippen LogP contribution in [0.25, 0.3) is 11.0 Å². The lowest BCUT2D eigenvalue weighted by molar-refractivity contribution is -0.138. The molecule has 0 aliphatic rings. The highest BCUT2D eigenvalue weighted by Crippen LogP contribution is 2.37. The van der Waals surface area contributed by atoms with Crippen LogP contribution in [0.4, 0.5) is 13.2 Å². The van der Waals surface area contributed by atoms with Crippen LogP contribution in [0.2, 0.25) is 5.02 Å². The Hall–Kier alpha value is -2.26. The number of rotatable bonds is 7. The molecule has 0 aliphatic heterocycles. The standard InChI is InChI=1S/C18H15ClF3N3O2S/c19-12-9-11(18(20,21)22)10-23-16(12)28-17-24-13-5-1-2-6-14(13)25(17)8-4-3-7-15(26)27/h1-2,5-6,9-10H,3-4,7-8H2,(H,26,27). The molecule has 0 aliphatic carbocycles. The van der Waals surface area contributed by atoms with Crippen molar-refractivity contribution in [2.24, 2.45) is 0 Å². The minimum Gasteiger partial charge on any atom is -0.481 e. The Morgan fingerprint density at radius 3 is 2.68 bits per heavy atom. The summed E-state index contributed by atoms with van der Waals surface area (Å²) in [5.41, 5.74) is 0.665. The van der Waals surface area contributed by atoms with Crippen molar-refractivity contribution < 1.29 is 23.1 Å². The average Bonchev–Trinajstić information content (AvgIpc) is 2.96. The van der Waals surface area contributed by atoms with E-state index in [0.717, 1.165) is 35.1 Å². The number of alkyl halides is 3. The largest absolute Gasteiger partial charge is 0.481 e. The number of halogens is 4. The summed E-state index contributed by atoms with van der Waals surface area (Å²) in [6, 6.07) is 8.24. The highest BCUT2D eigenvalue weighted by atomic mass is 35.5. The molecule has 0 amide bonds. The molecule has 1 N–H and O–H groups in total. The predicted octanol–water partition coefficient (Wildman–Crippen LogP) is 5.51. The Kier molecular flexibility index (Phi) is 6.14. The summed E-state index contributed by atoms with van der Waals surface area (Å²) in [4.78, 5) is 19.1. The molecule has 0 fully saturated rings. The van der Waals surface area contributed by atoms with Gasteiger partial charge in [-0.05, 0) is 42.8 Å². The molecule has 0 saturated heterocycles. The molecule has 2 heterocycles. The van der Waals surface area contributed by atoms with Gasteiger partial charge in [-0.25, -0.2) is 9.97 Å². The number of nitrogens with zero attached hydrogens (tertiary/aromatic N) is 3. The van der Waals surface area contributed by atoms with Crippen molar-refractivity contribution in [3.05, 3.63) is 47.1 Å². The minimum atomic E-state index is -4.52. The van der Waals surface area contributed by atoms with Crippen molar-refractivity contribution in [3.8, 4) is 0 Å². The lowest BCUT2D eigenvalue weighted by atomic mass is 10.2. The first-order chi connectivity index (χ1) is 13.3. The second-order valence-electron chi connectivity index (χ2n) is 6.00. The molecule has 0 radical (unpaired) electrons. The third-order valence-electron chi connectivity index (χ3n) is 3.96. The average molecular weight is 430 g/mol. The molecule has 0 unspecified atom stereocenters. The molecular formula is C18H15ClF3N3O2S. The molecule has 0 spiro atoms. The van der Waals surface area contributed by atoms with Crippen LogP contribution in [-0.2, 0) is 17.5 Å². The highest BCUT2D eigenvalue weighted by molar-refractivity contribution is 7.99. The Morgan fingerprint density at radius 1 is 1.25 bits per heavy atom. The Bertz CT molecular complexity index is 1010. The zero-order chi connectivity index (χ0) is 20.3. The minimum absolute atomic E-state index is 0.0708. The van der Waals surface area contributed by atoms with E-state index in [-0.39, 0.29) is 16.5 Å². The van der Waals surface area contributed by atoms with Crippen LogP contribution in [0.5, 0.6) is 0 Å². The van der Waals surface area contributed by atoms with Crippen molar-refractivity contribution in [1.82, 2.24) is 14.5 Å². The number of unbranched alkanes of at least 4 members (excludes halogenated alkanes) is 1. The lowest BCUT2D eigenvalue weighted by Crippen LogP contribution is -2.06. The third-order valence-corrected chi connectivity index (χ3v) is 5.38. The first-order valence-corrected chi connectivity index (χ1v) is 9.53. The lowest BCUT2D eigenvalue weighted by Gasteiger charge is -2.10. The molecule has 2 aromatic heterocycles. The summed E-state index contributed by atoms with van der Waals surface area (Å²) in [6.07, 6.45) is -2.58. The number of carboxylic acid groups (broad SMARTS) is 1. The van der Waals surface area contributed by atoms with Crippen LogP contribution in [0, 0.1) is 0 Å². The fourth-order valence-electron chi connectivity index (χ4n) is 2.64. The zero-order valence-corrected chi connectivity index (χ0v) is 16.0. The van der Waals surface area contributed by atoms with Crippen LogP contribution in [0.3, 0.4) is 0 Å². The smallest absolute Gasteiger partial charge is 0.417 e. The number of hydrogen-bond acceptors (Lipinski definition) is 4. The number of imidazole rings is 1. The summed E-state index contributed by atoms with van der Waals surface area (Å²) < 4.78 is 40.3. The van der Waals surface area contributed by atoms with E-state index < -0.39 is 17.7 Å². The maximum Gasteiger partial charge on any atom is 0.417 e. The molecule has 0 saturated carbocycles. The van der Waals surface area contributed by atoms with Gasteiger partial charge in [0.1, 0.15) is 5.03 Å². The van der Waals surface area contributed by atoms with Crippen LogP contribution in [-0.4, -0.2) is 25.6 Å². The fourth-order valence-corrected chi connectivity index (χ4v) is 3.80. The van der Waals surface area contributed by atoms with Gasteiger partial charge in [0.05, 0.1) is 21.6 Å². The van der Waals surface area contributed by atoms with Crippen molar-refractivity contribution in [1.29, 1.82) is 0 Å². The van der Waals surface area contributed by atoms with Gasteiger partial charge >= 0.3 is 12.1 Å². The first-order valence-electron chi connectivity index (χ1n) is 8.33. The number of fused-ring (bicyclic) bond motifs is 1. The third kappa shape index (κ3) is 4.77. The van der Waals surface area contributed by atoms with E-state index in [2.05, 4.69) is 9.97 Å². The summed E-state index contributed by atoms with van der Waals surface area (Å²) in [6.45, 7) is 0.522. The summed E-state index contributed by atoms with van der Waals surface area (Å²) in [5, 5.41) is 9.42. The number of para-hydroxylation sites is 2. The summed E-state index contributed by atoms with van der Waals surface area (Å²) in [7, 11) is 0. The molecule has 10 heteroatoms. The number of pyridine rings is 1. The second kappa shape index (κ2) is 8.40. The maximum atomic E-state index is 12.8. The molecule has 5 nitrogen and oxygen atoms in total. The molecule has 28 heavy (non-hydrogen) atoms. The normalized spacial score (nSPS) is 11.9. The van der Waals surface area contributed by atoms with Crippen molar-refractivity contribution in [3.63, 3.8) is 0 Å². The van der Waals surface area contributed by atoms with Gasteiger partial charge in [0.15, 0.2) is 5.16 Å². The van der Waals surface area contributed by atoms with Crippen molar-refractivity contribution in [2.75, 3.05) is 0 Å². The number of aromatic nitrogens is 3. The Balaban J connectivity index is 1.88. The van der Waals surface area contributed by atoms with Crippen molar-refractivity contribution >= 4 is 40.4 Å². The van der Waals surface area contributed by atoms with E-state index in [1.165, 1.54) is 0 Å². The number of hydrogen-bond donors (Lipinski definition) is 1. The van der Waals surface area contributed by atoms with Gasteiger partial charge in [0.25, 0.3) is 0 Å². The van der Waals surface area contributed by atoms with Gasteiger partial charge in [-0.1, -0.05) is 23.7 Å². The highest BCUT2D eigenvalue weighted by Gasteiger charge is 2.31. The Labute approximate surface area is 167 Å². The molecular weight excluding hydrogens is 415 g/mol. The van der Waals surface area contributed by atoms with E-state index in [4.69, 9.17) is 16.7 Å². The summed E-state index contributed by atoms with van der Waals surface area (Å²) in [5.74, 6) is -0.856. The van der Waals surface area contributed by atoms with Gasteiger partial charge in [0, 0.05) is 19.2 Å².